The molecular formula is C27H25O2P. The Labute approximate surface area is 178 Å². The second kappa shape index (κ2) is 9.52. The van der Waals surface area contributed by atoms with Gasteiger partial charge in [0.1, 0.15) is 0 Å². The van der Waals surface area contributed by atoms with Crippen LogP contribution in [-0.2, 0) is 16.1 Å². The average molecular weight is 412 g/mol. The van der Waals surface area contributed by atoms with E-state index in [0.717, 1.165) is 5.56 Å². The van der Waals surface area contributed by atoms with Crippen LogP contribution in [0.5, 0.6) is 0 Å². The van der Waals surface area contributed by atoms with Crippen molar-refractivity contribution in [1.29, 1.82) is 0 Å². The zero-order chi connectivity index (χ0) is 20.7. The fraction of sp³-hybridized carbons (Fsp3) is 0.0741. The van der Waals surface area contributed by atoms with Gasteiger partial charge in [-0.1, -0.05) is 0 Å². The minimum atomic E-state index is -2.60. The summed E-state index contributed by atoms with van der Waals surface area (Å²) in [5.74, 6) is -0.165. The number of ether oxygens (including phenoxy) is 1. The Balaban J connectivity index is 1.76. The first kappa shape index (κ1) is 20.1. The summed E-state index contributed by atoms with van der Waals surface area (Å²) in [5, 5.41) is 3.62. The Bertz CT molecular complexity index is 968. The first-order chi connectivity index (χ1) is 14.8. The molecule has 3 heteroatoms. The summed E-state index contributed by atoms with van der Waals surface area (Å²) in [5.41, 5.74) is 0.997. The summed E-state index contributed by atoms with van der Waals surface area (Å²) in [6, 6.07) is 41.1. The van der Waals surface area contributed by atoms with Gasteiger partial charge < -0.3 is 0 Å². The van der Waals surface area contributed by atoms with Gasteiger partial charge in [-0.3, -0.25) is 0 Å². The maximum atomic E-state index is 13.2. The molecule has 0 N–H and O–H groups in total. The fourth-order valence-corrected chi connectivity index (χ4v) is 8.41. The van der Waals surface area contributed by atoms with E-state index in [1.165, 1.54) is 15.9 Å². The van der Waals surface area contributed by atoms with Crippen molar-refractivity contribution in [1.82, 2.24) is 0 Å². The molecule has 0 saturated carbocycles. The molecule has 0 heterocycles. The Morgan fingerprint density at radius 3 is 1.33 bits per heavy atom. The summed E-state index contributed by atoms with van der Waals surface area (Å²) in [6.45, 7) is 0.294. The molecular weight excluding hydrogens is 387 g/mol. The molecule has 4 aromatic rings. The summed E-state index contributed by atoms with van der Waals surface area (Å²) in [7, 11) is -2.60. The molecule has 0 unspecified atom stereocenters. The minimum absolute atomic E-state index is 0.165. The fourth-order valence-electron chi connectivity index (χ4n) is 3.98. The third-order valence-corrected chi connectivity index (χ3v) is 10.2. The van der Waals surface area contributed by atoms with Crippen molar-refractivity contribution >= 4 is 29.1 Å². The van der Waals surface area contributed by atoms with Crippen LogP contribution in [0.4, 0.5) is 0 Å². The van der Waals surface area contributed by atoms with Crippen molar-refractivity contribution in [2.45, 2.75) is 6.61 Å². The van der Waals surface area contributed by atoms with Crippen molar-refractivity contribution in [2.24, 2.45) is 0 Å². The van der Waals surface area contributed by atoms with Gasteiger partial charge in [0.25, 0.3) is 0 Å². The van der Waals surface area contributed by atoms with Crippen LogP contribution in [-0.4, -0.2) is 12.1 Å². The van der Waals surface area contributed by atoms with Crippen LogP contribution in [0.1, 0.15) is 5.56 Å². The molecule has 30 heavy (non-hydrogen) atoms. The standard InChI is InChI=1S/C27H25O2P/c28-27(29-21-23-13-5-1-6-14-23)22-30(24-15-7-2-8-16-24,25-17-9-3-10-18-25)26-19-11-4-12-20-26/h1-20,30H,21-22H2. The molecule has 150 valence electrons. The molecule has 0 saturated heterocycles. The van der Waals surface area contributed by atoms with Gasteiger partial charge in [-0.05, 0) is 0 Å². The van der Waals surface area contributed by atoms with Gasteiger partial charge in [-0.15, -0.1) is 0 Å². The molecule has 0 aliphatic rings. The second-order valence-corrected chi connectivity index (χ2v) is 11.2. The molecule has 0 aliphatic heterocycles. The van der Waals surface area contributed by atoms with Crippen molar-refractivity contribution < 1.29 is 9.53 Å². The monoisotopic (exact) mass is 412 g/mol. The van der Waals surface area contributed by atoms with Gasteiger partial charge in [0.15, 0.2) is 0 Å². The molecule has 4 rings (SSSR count). The zero-order valence-corrected chi connectivity index (χ0v) is 17.8. The van der Waals surface area contributed by atoms with Crippen LogP contribution >= 0.6 is 7.26 Å². The van der Waals surface area contributed by atoms with Crippen molar-refractivity contribution in [2.75, 3.05) is 6.16 Å². The molecule has 0 aliphatic carbocycles. The van der Waals surface area contributed by atoms with Crippen LogP contribution in [0.2, 0.25) is 0 Å². The zero-order valence-electron chi connectivity index (χ0n) is 16.8. The van der Waals surface area contributed by atoms with E-state index in [9.17, 15) is 4.79 Å². The second-order valence-electron chi connectivity index (χ2n) is 7.33. The number of carbonyl (C=O) groups excluding carboxylic acids is 1. The Hall–Kier alpha value is -3.22. The number of rotatable bonds is 7. The van der Waals surface area contributed by atoms with Gasteiger partial charge in [0.2, 0.25) is 0 Å². The first-order valence-corrected chi connectivity index (χ1v) is 12.4. The van der Waals surface area contributed by atoms with Crippen LogP contribution in [0.3, 0.4) is 0 Å². The van der Waals surface area contributed by atoms with Crippen LogP contribution in [0.25, 0.3) is 0 Å². The van der Waals surface area contributed by atoms with Crippen LogP contribution in [0, 0.1) is 0 Å². The Morgan fingerprint density at radius 1 is 0.567 bits per heavy atom. The van der Waals surface area contributed by atoms with Crippen molar-refractivity contribution in [3.05, 3.63) is 127 Å². The Morgan fingerprint density at radius 2 is 0.933 bits per heavy atom. The molecule has 0 spiro atoms. The normalized spacial score (nSPS) is 11.6. The van der Waals surface area contributed by atoms with Gasteiger partial charge in [-0.2, -0.15) is 0 Å². The van der Waals surface area contributed by atoms with E-state index in [1.54, 1.807) is 0 Å². The SMILES string of the molecule is O=C(C[PH](c1ccccc1)(c1ccccc1)c1ccccc1)OCc1ccccc1. The van der Waals surface area contributed by atoms with Crippen molar-refractivity contribution in [3.63, 3.8) is 0 Å². The molecule has 0 amide bonds. The molecule has 4 aromatic carbocycles. The maximum absolute atomic E-state index is 13.2. The molecule has 0 atom stereocenters. The number of benzene rings is 4. The van der Waals surface area contributed by atoms with E-state index in [4.69, 9.17) is 4.74 Å². The van der Waals surface area contributed by atoms with E-state index in [2.05, 4.69) is 72.8 Å². The third kappa shape index (κ3) is 4.35. The van der Waals surface area contributed by atoms with E-state index < -0.39 is 7.26 Å². The van der Waals surface area contributed by atoms with Gasteiger partial charge in [-0.25, -0.2) is 0 Å². The number of esters is 1. The topological polar surface area (TPSA) is 26.3 Å². The number of hydrogen-bond donors (Lipinski definition) is 0. The van der Waals surface area contributed by atoms with E-state index >= 15 is 0 Å². The van der Waals surface area contributed by atoms with E-state index in [1.807, 2.05) is 48.5 Å². The van der Waals surface area contributed by atoms with Crippen molar-refractivity contribution in [3.8, 4) is 0 Å². The van der Waals surface area contributed by atoms with Crippen LogP contribution < -0.4 is 15.9 Å². The molecule has 0 radical (unpaired) electrons. The summed E-state index contributed by atoms with van der Waals surface area (Å²) < 4.78 is 5.74. The van der Waals surface area contributed by atoms with Gasteiger partial charge in [0.05, 0.1) is 0 Å². The molecule has 0 bridgehead atoms. The predicted octanol–water partition coefficient (Wildman–Crippen LogP) is 4.46. The quantitative estimate of drug-likeness (QED) is 0.331. The molecule has 0 aromatic heterocycles. The third-order valence-electron chi connectivity index (χ3n) is 5.45. The summed E-state index contributed by atoms with van der Waals surface area (Å²) in [4.78, 5) is 13.2. The summed E-state index contributed by atoms with van der Waals surface area (Å²) in [6.07, 6.45) is 0.359. The predicted molar refractivity (Wildman–Crippen MR) is 128 cm³/mol. The number of carbonyl (C=O) groups is 1. The molecule has 2 nitrogen and oxygen atoms in total. The number of hydrogen-bond acceptors (Lipinski definition) is 2. The van der Waals surface area contributed by atoms with E-state index in [-0.39, 0.29) is 5.97 Å². The van der Waals surface area contributed by atoms with Gasteiger partial charge >= 0.3 is 178 Å². The van der Waals surface area contributed by atoms with E-state index in [0.29, 0.717) is 12.8 Å². The summed E-state index contributed by atoms with van der Waals surface area (Å²) >= 11 is 0. The molecule has 0 fully saturated rings. The van der Waals surface area contributed by atoms with Crippen LogP contribution in [0.15, 0.2) is 121 Å². The first-order valence-electron chi connectivity index (χ1n) is 10.2. The Kier molecular flexibility index (Phi) is 6.37. The average Bonchev–Trinajstić information content (AvgIpc) is 2.83. The van der Waals surface area contributed by atoms with Gasteiger partial charge in [0, 0.05) is 0 Å².